The van der Waals surface area contributed by atoms with Crippen molar-refractivity contribution in [1.29, 1.82) is 0 Å². The van der Waals surface area contributed by atoms with Crippen LogP contribution in [0.25, 0.3) is 5.69 Å². The molecule has 1 spiro atoms. The highest BCUT2D eigenvalue weighted by Gasteiger charge is 2.46. The molecule has 5 rings (SSSR count). The molecule has 1 saturated carbocycles. The SMILES string of the molecule is CC(C)(C)Cc1cnc2c(c1)[C@@H](NC[C@H](O)[C@H](CC(N)=O)Cc1cccc(-n3ccnc3)c1)CC1(CCC1)O2. The van der Waals surface area contributed by atoms with Crippen LogP contribution in [-0.4, -0.2) is 43.8 Å². The number of ether oxygens (including phenoxy) is 1. The number of aliphatic hydroxyl groups is 1. The fraction of sp³-hybridized carbons (Fsp3) is 0.516. The first-order valence-electron chi connectivity index (χ1n) is 14.0. The van der Waals surface area contributed by atoms with Gasteiger partial charge in [-0.1, -0.05) is 32.9 Å². The number of aromatic nitrogens is 3. The lowest BCUT2D eigenvalue weighted by atomic mass is 9.73. The molecule has 8 nitrogen and oxygen atoms in total. The number of benzene rings is 1. The van der Waals surface area contributed by atoms with Gasteiger partial charge in [0.15, 0.2) is 0 Å². The molecule has 8 heteroatoms. The summed E-state index contributed by atoms with van der Waals surface area (Å²) in [6.45, 7) is 7.02. The van der Waals surface area contributed by atoms with E-state index in [1.807, 2.05) is 35.2 Å². The van der Waals surface area contributed by atoms with Crippen LogP contribution >= 0.6 is 0 Å². The van der Waals surface area contributed by atoms with E-state index in [9.17, 15) is 9.90 Å². The number of hydrogen-bond acceptors (Lipinski definition) is 6. The van der Waals surface area contributed by atoms with E-state index >= 15 is 0 Å². The highest BCUT2D eigenvalue weighted by Crippen LogP contribution is 2.48. The van der Waals surface area contributed by atoms with Crippen LogP contribution < -0.4 is 15.8 Å². The number of fused-ring (bicyclic) bond motifs is 1. The maximum atomic E-state index is 12.0. The first kappa shape index (κ1) is 27.3. The molecule has 2 aromatic heterocycles. The van der Waals surface area contributed by atoms with Crippen LogP contribution in [0.4, 0.5) is 0 Å². The van der Waals surface area contributed by atoms with Crippen molar-refractivity contribution in [2.45, 2.75) is 83.5 Å². The minimum atomic E-state index is -0.747. The average molecular weight is 532 g/mol. The van der Waals surface area contributed by atoms with Gasteiger partial charge in [-0.05, 0) is 72.8 Å². The number of nitrogens with two attached hydrogens (primary N) is 1. The predicted molar refractivity (Wildman–Crippen MR) is 151 cm³/mol. The largest absolute Gasteiger partial charge is 0.471 e. The molecule has 0 unspecified atom stereocenters. The maximum Gasteiger partial charge on any atom is 0.218 e. The minimum absolute atomic E-state index is 0.0231. The number of aliphatic hydroxyl groups excluding tert-OH is 1. The number of pyridine rings is 1. The third kappa shape index (κ3) is 6.68. The van der Waals surface area contributed by atoms with E-state index in [-0.39, 0.29) is 29.4 Å². The molecule has 1 aromatic carbocycles. The van der Waals surface area contributed by atoms with Crippen LogP contribution in [0.5, 0.6) is 5.88 Å². The second kappa shape index (κ2) is 11.1. The molecule has 1 fully saturated rings. The molecule has 1 amide bonds. The summed E-state index contributed by atoms with van der Waals surface area (Å²) in [7, 11) is 0. The monoisotopic (exact) mass is 531 g/mol. The van der Waals surface area contributed by atoms with Gasteiger partial charge in [-0.3, -0.25) is 4.79 Å². The quantitative estimate of drug-likeness (QED) is 0.360. The highest BCUT2D eigenvalue weighted by atomic mass is 16.5. The van der Waals surface area contributed by atoms with E-state index in [1.165, 1.54) is 5.56 Å². The van der Waals surface area contributed by atoms with Crippen molar-refractivity contribution < 1.29 is 14.6 Å². The Labute approximate surface area is 231 Å². The second-order valence-corrected chi connectivity index (χ2v) is 12.6. The number of imidazole rings is 1. The number of carbonyl (C=O) groups is 1. The van der Waals surface area contributed by atoms with E-state index in [0.29, 0.717) is 18.8 Å². The van der Waals surface area contributed by atoms with Crippen LogP contribution in [0.1, 0.15) is 75.6 Å². The van der Waals surface area contributed by atoms with Crippen molar-refractivity contribution >= 4 is 5.91 Å². The highest BCUT2D eigenvalue weighted by molar-refractivity contribution is 5.74. The first-order chi connectivity index (χ1) is 18.6. The van der Waals surface area contributed by atoms with Gasteiger partial charge in [0.25, 0.3) is 0 Å². The zero-order chi connectivity index (χ0) is 27.6. The van der Waals surface area contributed by atoms with Gasteiger partial charge in [-0.15, -0.1) is 0 Å². The normalized spacial score (nSPS) is 19.5. The standard InChI is InChI=1S/C31H41N5O3/c1-30(2,3)16-22-14-25-26(17-31(8-5-9-31)39-29(25)35-18-22)34-19-27(37)23(15-28(32)38)12-21-6-4-7-24(13-21)36-11-10-33-20-36/h4,6-7,10-11,13-14,18,20,23,26-27,34,37H,5,8-9,12,15-17,19H2,1-3H3,(H2,32,38)/t23-,26-,27-/m0/s1. The lowest BCUT2D eigenvalue weighted by molar-refractivity contribution is -0.119. The third-order valence-electron chi connectivity index (χ3n) is 7.99. The number of carbonyl (C=O) groups excluding carboxylic acids is 1. The van der Waals surface area contributed by atoms with Gasteiger partial charge in [0, 0.05) is 55.3 Å². The van der Waals surface area contributed by atoms with Crippen LogP contribution in [0, 0.1) is 11.3 Å². The molecule has 4 N–H and O–H groups in total. The zero-order valence-electron chi connectivity index (χ0n) is 23.3. The Morgan fingerprint density at radius 1 is 1.28 bits per heavy atom. The number of nitrogens with one attached hydrogen (secondary N) is 1. The summed E-state index contributed by atoms with van der Waals surface area (Å²) in [5.41, 5.74) is 9.85. The number of hydrogen-bond donors (Lipinski definition) is 3. The summed E-state index contributed by atoms with van der Waals surface area (Å²) in [4.78, 5) is 20.8. The molecule has 0 radical (unpaired) electrons. The zero-order valence-corrected chi connectivity index (χ0v) is 23.3. The fourth-order valence-electron chi connectivity index (χ4n) is 5.94. The van der Waals surface area contributed by atoms with Crippen LogP contribution in [0.2, 0.25) is 0 Å². The maximum absolute atomic E-state index is 12.0. The predicted octanol–water partition coefficient (Wildman–Crippen LogP) is 4.29. The van der Waals surface area contributed by atoms with Gasteiger partial charge < -0.3 is 25.5 Å². The van der Waals surface area contributed by atoms with E-state index < -0.39 is 12.0 Å². The Balaban J connectivity index is 1.31. The molecule has 2 aliphatic rings. The topological polar surface area (TPSA) is 115 Å². The van der Waals surface area contributed by atoms with Gasteiger partial charge >= 0.3 is 0 Å². The molecule has 3 heterocycles. The molecule has 3 atom stereocenters. The van der Waals surface area contributed by atoms with Crippen LogP contribution in [-0.2, 0) is 17.6 Å². The van der Waals surface area contributed by atoms with E-state index in [0.717, 1.165) is 48.9 Å². The fourth-order valence-corrected chi connectivity index (χ4v) is 5.94. The molecule has 208 valence electrons. The first-order valence-corrected chi connectivity index (χ1v) is 14.0. The molecule has 3 aromatic rings. The number of rotatable bonds is 10. The molecule has 1 aliphatic heterocycles. The Morgan fingerprint density at radius 2 is 2.10 bits per heavy atom. The molecule has 39 heavy (non-hydrogen) atoms. The summed E-state index contributed by atoms with van der Waals surface area (Å²) in [6.07, 6.45) is 12.2. The van der Waals surface area contributed by atoms with Gasteiger partial charge in [0.1, 0.15) is 5.60 Å². The summed E-state index contributed by atoms with van der Waals surface area (Å²) in [6, 6.07) is 10.3. The smallest absolute Gasteiger partial charge is 0.218 e. The van der Waals surface area contributed by atoms with Crippen molar-refractivity contribution in [2.75, 3.05) is 6.54 Å². The lowest BCUT2D eigenvalue weighted by Crippen LogP contribution is -2.50. The van der Waals surface area contributed by atoms with Crippen LogP contribution in [0.3, 0.4) is 0 Å². The summed E-state index contributed by atoms with van der Waals surface area (Å²) >= 11 is 0. The third-order valence-corrected chi connectivity index (χ3v) is 7.99. The minimum Gasteiger partial charge on any atom is -0.471 e. The summed E-state index contributed by atoms with van der Waals surface area (Å²) in [5, 5.41) is 15.0. The van der Waals surface area contributed by atoms with Gasteiger partial charge in [0.05, 0.1) is 12.4 Å². The molecule has 0 saturated heterocycles. The average Bonchev–Trinajstić information content (AvgIpc) is 3.40. The molecule has 1 aliphatic carbocycles. The Bertz CT molecular complexity index is 1280. The Morgan fingerprint density at radius 3 is 2.77 bits per heavy atom. The molecule has 0 bridgehead atoms. The molecular weight excluding hydrogens is 490 g/mol. The van der Waals surface area contributed by atoms with E-state index in [2.05, 4.69) is 43.2 Å². The molecular formula is C31H41N5O3. The number of amides is 1. The van der Waals surface area contributed by atoms with Crippen molar-refractivity contribution in [1.82, 2.24) is 19.9 Å². The van der Waals surface area contributed by atoms with Crippen molar-refractivity contribution in [3.05, 3.63) is 71.9 Å². The van der Waals surface area contributed by atoms with Gasteiger partial charge in [0.2, 0.25) is 11.8 Å². The number of primary amides is 1. The number of nitrogens with zero attached hydrogens (tertiary/aromatic N) is 3. The Hall–Kier alpha value is -3.23. The van der Waals surface area contributed by atoms with Gasteiger partial charge in [-0.2, -0.15) is 0 Å². The van der Waals surface area contributed by atoms with E-state index in [1.54, 1.807) is 12.5 Å². The van der Waals surface area contributed by atoms with Crippen molar-refractivity contribution in [3.8, 4) is 11.6 Å². The Kier molecular flexibility index (Phi) is 7.78. The van der Waals surface area contributed by atoms with Crippen molar-refractivity contribution in [3.63, 3.8) is 0 Å². The summed E-state index contributed by atoms with van der Waals surface area (Å²) in [5.74, 6) is -0.0170. The van der Waals surface area contributed by atoms with Crippen molar-refractivity contribution in [2.24, 2.45) is 17.1 Å². The lowest BCUT2D eigenvalue weighted by Gasteiger charge is -2.47. The summed E-state index contributed by atoms with van der Waals surface area (Å²) < 4.78 is 8.35. The van der Waals surface area contributed by atoms with Crippen LogP contribution in [0.15, 0.2) is 55.2 Å². The second-order valence-electron chi connectivity index (χ2n) is 12.6. The van der Waals surface area contributed by atoms with Gasteiger partial charge in [-0.25, -0.2) is 9.97 Å². The van der Waals surface area contributed by atoms with E-state index in [4.69, 9.17) is 15.5 Å².